The van der Waals surface area contributed by atoms with Crippen molar-refractivity contribution < 1.29 is 9.53 Å². The van der Waals surface area contributed by atoms with Gasteiger partial charge in [-0.1, -0.05) is 23.1 Å². The summed E-state index contributed by atoms with van der Waals surface area (Å²) >= 11 is 0. The van der Waals surface area contributed by atoms with Crippen LogP contribution >= 0.6 is 0 Å². The Balaban J connectivity index is 1.60. The molecule has 0 spiro atoms. The number of carbonyl (C=O) groups is 1. The number of nitrogens with one attached hydrogen (secondary N) is 1. The molecule has 140 valence electrons. The fourth-order valence-corrected chi connectivity index (χ4v) is 3.33. The van der Waals surface area contributed by atoms with Gasteiger partial charge < -0.3 is 4.74 Å². The second-order valence-corrected chi connectivity index (χ2v) is 6.99. The zero-order chi connectivity index (χ0) is 21.3. The van der Waals surface area contributed by atoms with Gasteiger partial charge in [-0.2, -0.15) is 0 Å². The molecule has 3 aromatic rings. The van der Waals surface area contributed by atoms with Gasteiger partial charge in [0.1, 0.15) is 31.4 Å². The second-order valence-electron chi connectivity index (χ2n) is 6.99. The lowest BCUT2D eigenvalue weighted by atomic mass is 9.70. The summed E-state index contributed by atoms with van der Waals surface area (Å²) < 4.78 is 5.29. The van der Waals surface area contributed by atoms with Crippen molar-refractivity contribution in [1.29, 1.82) is 0 Å². The first kappa shape index (κ1) is 20.6. The van der Waals surface area contributed by atoms with Crippen molar-refractivity contribution in [2.45, 2.75) is 0 Å². The number of ether oxygens (including phenoxy) is 1. The Hall–Kier alpha value is -2.64. The maximum atomic E-state index is 12.3. The molecule has 0 saturated carbocycles. The SMILES string of the molecule is [B]c1nc([B])c(-c2ccc3cnc(NC(=O)CN4CCOCC4)nc3c2)c([B])c1[B]. The summed E-state index contributed by atoms with van der Waals surface area (Å²) in [5, 5.41) is 3.53. The zero-order valence-corrected chi connectivity index (χ0v) is 16.3. The van der Waals surface area contributed by atoms with Crippen LogP contribution < -0.4 is 27.4 Å². The van der Waals surface area contributed by atoms with Gasteiger partial charge in [-0.15, -0.1) is 0 Å². The van der Waals surface area contributed by atoms with E-state index in [1.807, 2.05) is 17.0 Å². The van der Waals surface area contributed by atoms with E-state index in [1.165, 1.54) is 0 Å². The molecule has 3 heterocycles. The van der Waals surface area contributed by atoms with E-state index in [4.69, 9.17) is 36.1 Å². The summed E-state index contributed by atoms with van der Waals surface area (Å²) in [4.78, 5) is 27.1. The first-order valence-corrected chi connectivity index (χ1v) is 9.39. The minimum Gasteiger partial charge on any atom is -0.379 e. The van der Waals surface area contributed by atoms with E-state index in [9.17, 15) is 4.79 Å². The topological polar surface area (TPSA) is 80.2 Å². The third-order valence-corrected chi connectivity index (χ3v) is 4.93. The molecule has 1 aromatic carbocycles. The minimum atomic E-state index is -0.184. The van der Waals surface area contributed by atoms with Crippen molar-refractivity contribution >= 4 is 76.3 Å². The number of hydrogen-bond donors (Lipinski definition) is 1. The first-order chi connectivity index (χ1) is 14.4. The minimum absolute atomic E-state index is 0.0853. The number of aromatic nitrogens is 3. The van der Waals surface area contributed by atoms with Crippen molar-refractivity contribution in [3.05, 3.63) is 24.4 Å². The molecule has 1 aliphatic heterocycles. The molecule has 1 aliphatic rings. The van der Waals surface area contributed by atoms with Gasteiger partial charge in [0.25, 0.3) is 0 Å². The molecule has 7 nitrogen and oxygen atoms in total. The molecule has 11 heteroatoms. The number of benzene rings is 1. The van der Waals surface area contributed by atoms with Crippen molar-refractivity contribution in [2.75, 3.05) is 38.2 Å². The van der Waals surface area contributed by atoms with E-state index in [0.717, 1.165) is 18.5 Å². The molecule has 1 N–H and O–H groups in total. The monoisotopic (exact) mass is 389 g/mol. The number of carbonyl (C=O) groups excluding carboxylic acids is 1. The first-order valence-electron chi connectivity index (χ1n) is 9.39. The van der Waals surface area contributed by atoms with Crippen LogP contribution in [-0.2, 0) is 9.53 Å². The molecule has 1 amide bonds. The predicted octanol–water partition coefficient (Wildman–Crippen LogP) is -2.86. The molecule has 0 bridgehead atoms. The van der Waals surface area contributed by atoms with Gasteiger partial charge in [0, 0.05) is 24.7 Å². The summed E-state index contributed by atoms with van der Waals surface area (Å²) in [5.41, 5.74) is 2.47. The third-order valence-electron chi connectivity index (χ3n) is 4.93. The Morgan fingerprint density at radius 3 is 2.60 bits per heavy atom. The van der Waals surface area contributed by atoms with Gasteiger partial charge in [-0.25, -0.2) is 9.97 Å². The lowest BCUT2D eigenvalue weighted by Crippen LogP contribution is -2.47. The largest absolute Gasteiger partial charge is 0.379 e. The Labute approximate surface area is 179 Å². The maximum Gasteiger partial charge on any atom is 0.240 e. The Morgan fingerprint density at radius 1 is 1.07 bits per heavy atom. The Bertz CT molecular complexity index is 1120. The van der Waals surface area contributed by atoms with Crippen molar-refractivity contribution in [2.24, 2.45) is 0 Å². The lowest BCUT2D eigenvalue weighted by Gasteiger charge is -2.25. The van der Waals surface area contributed by atoms with Gasteiger partial charge in [-0.05, 0) is 28.4 Å². The van der Waals surface area contributed by atoms with Gasteiger partial charge >= 0.3 is 0 Å². The molecule has 30 heavy (non-hydrogen) atoms. The summed E-state index contributed by atoms with van der Waals surface area (Å²) in [6.45, 7) is 2.95. The number of morpholine rings is 1. The summed E-state index contributed by atoms with van der Waals surface area (Å²) in [5.74, 6) is 0.0326. The number of anilines is 1. The molecule has 4 rings (SSSR count). The third kappa shape index (κ3) is 4.27. The van der Waals surface area contributed by atoms with Gasteiger partial charge in [-0.3, -0.25) is 20.0 Å². The van der Waals surface area contributed by atoms with E-state index in [0.29, 0.717) is 29.9 Å². The lowest BCUT2D eigenvalue weighted by molar-refractivity contribution is -0.118. The Morgan fingerprint density at radius 2 is 1.83 bits per heavy atom. The van der Waals surface area contributed by atoms with E-state index in [-0.39, 0.29) is 40.5 Å². The molecule has 1 fully saturated rings. The Kier molecular flexibility index (Phi) is 5.92. The molecule has 8 radical (unpaired) electrons. The van der Waals surface area contributed by atoms with E-state index in [2.05, 4.69) is 20.3 Å². The highest BCUT2D eigenvalue weighted by molar-refractivity contribution is 6.59. The highest BCUT2D eigenvalue weighted by atomic mass is 16.5. The highest BCUT2D eigenvalue weighted by Gasteiger charge is 2.15. The normalized spacial score (nSPS) is 14.7. The fraction of sp³-hybridized carbons (Fsp3) is 0.263. The van der Waals surface area contributed by atoms with Crippen molar-refractivity contribution in [3.8, 4) is 11.1 Å². The fourth-order valence-electron chi connectivity index (χ4n) is 3.33. The molecular weight excluding hydrogens is 373 g/mol. The van der Waals surface area contributed by atoms with E-state index >= 15 is 0 Å². The van der Waals surface area contributed by atoms with Crippen LogP contribution in [0, 0.1) is 0 Å². The molecule has 1 saturated heterocycles. The number of pyridine rings is 1. The van der Waals surface area contributed by atoms with Gasteiger partial charge in [0.05, 0.1) is 25.3 Å². The van der Waals surface area contributed by atoms with Crippen LogP contribution in [0.25, 0.3) is 22.0 Å². The van der Waals surface area contributed by atoms with E-state index in [1.54, 1.807) is 12.3 Å². The number of amides is 1. The zero-order valence-electron chi connectivity index (χ0n) is 16.3. The van der Waals surface area contributed by atoms with Gasteiger partial charge in [0.2, 0.25) is 11.9 Å². The number of hydrogen-bond acceptors (Lipinski definition) is 6. The van der Waals surface area contributed by atoms with Crippen molar-refractivity contribution in [1.82, 2.24) is 19.9 Å². The quantitative estimate of drug-likeness (QED) is 0.484. The highest BCUT2D eigenvalue weighted by Crippen LogP contribution is 2.21. The van der Waals surface area contributed by atoms with Gasteiger partial charge in [0.15, 0.2) is 0 Å². The predicted molar refractivity (Wildman–Crippen MR) is 120 cm³/mol. The van der Waals surface area contributed by atoms with Crippen LogP contribution in [0.2, 0.25) is 0 Å². The standard InChI is InChI=1S/C19H15B4N5O2/c20-15-14(17(22)27-18(23)16(15)21)10-1-2-11-8-24-19(25-12(11)7-10)26-13(29)9-28-3-5-30-6-4-28/h1-2,7-8H,3-6,9H2,(H,24,25,26,29). The molecular formula is C19H15B4N5O2. The summed E-state index contributed by atoms with van der Waals surface area (Å²) in [6, 6.07) is 5.44. The van der Waals surface area contributed by atoms with Crippen LogP contribution in [0.4, 0.5) is 5.95 Å². The maximum absolute atomic E-state index is 12.3. The van der Waals surface area contributed by atoms with Crippen LogP contribution in [0.15, 0.2) is 24.4 Å². The summed E-state index contributed by atoms with van der Waals surface area (Å²) in [6.07, 6.45) is 1.64. The average Bonchev–Trinajstić information content (AvgIpc) is 2.72. The van der Waals surface area contributed by atoms with Crippen LogP contribution in [-0.4, -0.2) is 90.0 Å². The summed E-state index contributed by atoms with van der Waals surface area (Å²) in [7, 11) is 23.8. The van der Waals surface area contributed by atoms with Crippen LogP contribution in [0.1, 0.15) is 0 Å². The number of nitrogens with zero attached hydrogens (tertiary/aromatic N) is 4. The van der Waals surface area contributed by atoms with E-state index < -0.39 is 0 Å². The average molecular weight is 389 g/mol. The molecule has 2 aromatic heterocycles. The van der Waals surface area contributed by atoms with Crippen LogP contribution in [0.5, 0.6) is 0 Å². The second kappa shape index (κ2) is 8.61. The number of rotatable bonds is 4. The molecule has 0 aliphatic carbocycles. The van der Waals surface area contributed by atoms with Crippen LogP contribution in [0.3, 0.4) is 0 Å². The van der Waals surface area contributed by atoms with Crippen molar-refractivity contribution in [3.63, 3.8) is 0 Å². The smallest absolute Gasteiger partial charge is 0.240 e. The number of fused-ring (bicyclic) bond motifs is 1. The molecule has 0 atom stereocenters. The molecule has 0 unspecified atom stereocenters.